The van der Waals surface area contributed by atoms with Gasteiger partial charge in [-0.2, -0.15) is 5.10 Å². The van der Waals surface area contributed by atoms with Gasteiger partial charge >= 0.3 is 0 Å². The molecular weight excluding hydrogens is 468 g/mol. The second-order valence-corrected chi connectivity index (χ2v) is 10.5. The van der Waals surface area contributed by atoms with Crippen LogP contribution in [0.2, 0.25) is 0 Å². The molecule has 37 heavy (non-hydrogen) atoms. The minimum absolute atomic E-state index is 0.0802. The summed E-state index contributed by atoms with van der Waals surface area (Å²) in [7, 11) is 0. The molecule has 3 aliphatic rings. The summed E-state index contributed by atoms with van der Waals surface area (Å²) in [5.74, 6) is -0.322. The number of piperidine rings is 1. The van der Waals surface area contributed by atoms with E-state index < -0.39 is 0 Å². The third kappa shape index (κ3) is 5.57. The zero-order valence-electron chi connectivity index (χ0n) is 22.0. The van der Waals surface area contributed by atoms with Gasteiger partial charge in [0.15, 0.2) is 0 Å². The molecular formula is C28H38N6O3. The first-order chi connectivity index (χ1) is 17.9. The Morgan fingerprint density at radius 2 is 2.05 bits per heavy atom. The number of carbonyl (C=O) groups excluding carboxylic acids is 2. The largest absolute Gasteiger partial charge is 0.376 e. The molecule has 2 saturated heterocycles. The first-order valence-corrected chi connectivity index (χ1v) is 13.6. The van der Waals surface area contributed by atoms with Gasteiger partial charge in [-0.3, -0.25) is 14.3 Å². The van der Waals surface area contributed by atoms with Crippen molar-refractivity contribution in [1.29, 1.82) is 0 Å². The highest BCUT2D eigenvalue weighted by atomic mass is 16.5. The minimum atomic E-state index is -0.162. The fourth-order valence-electron chi connectivity index (χ4n) is 5.49. The van der Waals surface area contributed by atoms with Gasteiger partial charge in [0.1, 0.15) is 0 Å². The van der Waals surface area contributed by atoms with Crippen molar-refractivity contribution in [3.63, 3.8) is 0 Å². The molecule has 0 radical (unpaired) electrons. The Morgan fingerprint density at radius 3 is 2.76 bits per heavy atom. The first-order valence-electron chi connectivity index (χ1n) is 13.6. The summed E-state index contributed by atoms with van der Waals surface area (Å²) in [6.07, 6.45) is 8.73. The molecule has 2 fully saturated rings. The van der Waals surface area contributed by atoms with E-state index in [0.717, 1.165) is 68.0 Å². The molecule has 2 amide bonds. The summed E-state index contributed by atoms with van der Waals surface area (Å²) >= 11 is 0. The van der Waals surface area contributed by atoms with Gasteiger partial charge in [-0.05, 0) is 64.2 Å². The topological polar surface area (TPSA) is 101 Å². The van der Waals surface area contributed by atoms with Crippen LogP contribution in [0.3, 0.4) is 0 Å². The second kappa shape index (κ2) is 11.1. The SMILES string of the molecule is CC/C(Nc1cnn(C2CCN(C(C)C)CC2)c1)=C1/C(=O)Nc2ccc(C(=O)NC[C@H]3CCCO3)cc21. The van der Waals surface area contributed by atoms with Crippen LogP contribution in [0.25, 0.3) is 5.57 Å². The molecule has 9 heteroatoms. The predicted molar refractivity (Wildman–Crippen MR) is 144 cm³/mol. The van der Waals surface area contributed by atoms with Crippen molar-refractivity contribution in [1.82, 2.24) is 20.0 Å². The lowest BCUT2D eigenvalue weighted by Gasteiger charge is -2.34. The fraction of sp³-hybridized carbons (Fsp3) is 0.536. The van der Waals surface area contributed by atoms with Crippen LogP contribution in [-0.2, 0) is 9.53 Å². The molecule has 3 N–H and O–H groups in total. The van der Waals surface area contributed by atoms with Gasteiger partial charge in [0.05, 0.1) is 29.6 Å². The smallest absolute Gasteiger partial charge is 0.258 e. The highest BCUT2D eigenvalue weighted by Crippen LogP contribution is 2.36. The number of nitrogens with zero attached hydrogens (tertiary/aromatic N) is 3. The Balaban J connectivity index is 1.31. The van der Waals surface area contributed by atoms with E-state index in [0.29, 0.717) is 36.2 Å². The number of rotatable bonds is 8. The number of hydrogen-bond acceptors (Lipinski definition) is 6. The van der Waals surface area contributed by atoms with Crippen molar-refractivity contribution >= 4 is 28.8 Å². The Bertz CT molecular complexity index is 1170. The van der Waals surface area contributed by atoms with Gasteiger partial charge in [-0.25, -0.2) is 0 Å². The standard InChI is InChI=1S/C28H38N6O3/c1-4-24(31-20-15-30-34(17-20)21-9-11-33(12-10-21)18(2)3)26-23-14-19(7-8-25(23)32-28(26)36)27(35)29-16-22-6-5-13-37-22/h7-8,14-15,17-18,21-22,31H,4-6,9-13,16H2,1-3H3,(H,29,35)(H,32,36)/b26-24-/t22-/m1/s1. The van der Waals surface area contributed by atoms with Crippen molar-refractivity contribution in [2.45, 2.75) is 71.1 Å². The zero-order valence-corrected chi connectivity index (χ0v) is 22.0. The van der Waals surface area contributed by atoms with E-state index in [2.05, 4.69) is 44.5 Å². The Labute approximate surface area is 218 Å². The average Bonchev–Trinajstić information content (AvgIpc) is 3.66. The van der Waals surface area contributed by atoms with Crippen LogP contribution in [0.1, 0.15) is 74.8 Å². The number of aromatic nitrogens is 2. The van der Waals surface area contributed by atoms with Gasteiger partial charge in [0, 0.05) is 61.0 Å². The highest BCUT2D eigenvalue weighted by Gasteiger charge is 2.29. The van der Waals surface area contributed by atoms with Crippen LogP contribution in [0.15, 0.2) is 36.3 Å². The van der Waals surface area contributed by atoms with Gasteiger partial charge < -0.3 is 25.6 Å². The predicted octanol–water partition coefficient (Wildman–Crippen LogP) is 4.02. The van der Waals surface area contributed by atoms with Crippen molar-refractivity contribution in [2.24, 2.45) is 0 Å². The van der Waals surface area contributed by atoms with Gasteiger partial charge in [0.25, 0.3) is 11.8 Å². The number of fused-ring (bicyclic) bond motifs is 1. The van der Waals surface area contributed by atoms with Crippen molar-refractivity contribution in [3.8, 4) is 0 Å². The van der Waals surface area contributed by atoms with Gasteiger partial charge in [-0.15, -0.1) is 0 Å². The maximum atomic E-state index is 13.0. The summed E-state index contributed by atoms with van der Waals surface area (Å²) in [4.78, 5) is 28.3. The van der Waals surface area contributed by atoms with Crippen molar-refractivity contribution in [2.75, 3.05) is 36.9 Å². The monoisotopic (exact) mass is 506 g/mol. The lowest BCUT2D eigenvalue weighted by atomic mass is 10.0. The Kier molecular flexibility index (Phi) is 7.62. The van der Waals surface area contributed by atoms with Crippen molar-refractivity contribution in [3.05, 3.63) is 47.4 Å². The number of benzene rings is 1. The van der Waals surface area contributed by atoms with Crippen LogP contribution in [0.4, 0.5) is 11.4 Å². The zero-order chi connectivity index (χ0) is 25.9. The highest BCUT2D eigenvalue weighted by molar-refractivity contribution is 6.32. The van der Waals surface area contributed by atoms with Crippen LogP contribution in [-0.4, -0.2) is 64.9 Å². The Morgan fingerprint density at radius 1 is 1.24 bits per heavy atom. The summed E-state index contributed by atoms with van der Waals surface area (Å²) in [5.41, 5.74) is 4.24. The lowest BCUT2D eigenvalue weighted by Crippen LogP contribution is -2.39. The summed E-state index contributed by atoms with van der Waals surface area (Å²) < 4.78 is 7.66. The normalized spacial score (nSPS) is 21.7. The molecule has 4 heterocycles. The van der Waals surface area contributed by atoms with E-state index in [9.17, 15) is 9.59 Å². The fourth-order valence-corrected chi connectivity index (χ4v) is 5.49. The molecule has 2 aromatic rings. The van der Waals surface area contributed by atoms with E-state index >= 15 is 0 Å². The van der Waals surface area contributed by atoms with Gasteiger partial charge in [0.2, 0.25) is 0 Å². The quantitative estimate of drug-likeness (QED) is 0.468. The van der Waals surface area contributed by atoms with E-state index in [-0.39, 0.29) is 17.9 Å². The first kappa shape index (κ1) is 25.5. The molecule has 0 bridgehead atoms. The number of amides is 2. The molecule has 1 aromatic heterocycles. The lowest BCUT2D eigenvalue weighted by molar-refractivity contribution is -0.110. The van der Waals surface area contributed by atoms with E-state index in [1.807, 2.05) is 19.3 Å². The van der Waals surface area contributed by atoms with Crippen molar-refractivity contribution < 1.29 is 14.3 Å². The number of nitrogens with one attached hydrogen (secondary N) is 3. The van der Waals surface area contributed by atoms with E-state index in [4.69, 9.17) is 4.74 Å². The van der Waals surface area contributed by atoms with E-state index in [1.54, 1.807) is 18.2 Å². The molecule has 0 unspecified atom stereocenters. The molecule has 0 aliphatic carbocycles. The maximum Gasteiger partial charge on any atom is 0.258 e. The second-order valence-electron chi connectivity index (χ2n) is 10.5. The number of hydrogen-bond donors (Lipinski definition) is 3. The molecule has 3 aliphatic heterocycles. The average molecular weight is 507 g/mol. The van der Waals surface area contributed by atoms with Crippen LogP contribution in [0.5, 0.6) is 0 Å². The number of ether oxygens (including phenoxy) is 1. The number of likely N-dealkylation sites (tertiary alicyclic amines) is 1. The van der Waals surface area contributed by atoms with Crippen LogP contribution in [0, 0.1) is 0 Å². The molecule has 0 spiro atoms. The Hall–Kier alpha value is -3.17. The summed E-state index contributed by atoms with van der Waals surface area (Å²) in [5, 5.41) is 14.0. The molecule has 1 atom stereocenters. The molecule has 0 saturated carbocycles. The minimum Gasteiger partial charge on any atom is -0.376 e. The maximum absolute atomic E-state index is 13.0. The van der Waals surface area contributed by atoms with Crippen LogP contribution >= 0.6 is 0 Å². The summed E-state index contributed by atoms with van der Waals surface area (Å²) in [6, 6.07) is 6.31. The third-order valence-electron chi connectivity index (χ3n) is 7.70. The van der Waals surface area contributed by atoms with Crippen LogP contribution < -0.4 is 16.0 Å². The number of anilines is 2. The van der Waals surface area contributed by atoms with Gasteiger partial charge in [-0.1, -0.05) is 6.92 Å². The molecule has 9 nitrogen and oxygen atoms in total. The summed E-state index contributed by atoms with van der Waals surface area (Å²) in [6.45, 7) is 9.92. The molecule has 1 aromatic carbocycles. The molecule has 5 rings (SSSR count). The number of allylic oxidation sites excluding steroid dienone is 1. The number of carbonyl (C=O) groups is 2. The molecule has 198 valence electrons. The third-order valence-corrected chi connectivity index (χ3v) is 7.70. The van der Waals surface area contributed by atoms with E-state index in [1.165, 1.54) is 0 Å².